The van der Waals surface area contributed by atoms with E-state index in [4.69, 9.17) is 0 Å². The summed E-state index contributed by atoms with van der Waals surface area (Å²) < 4.78 is 0. The van der Waals surface area contributed by atoms with Gasteiger partial charge in [0.25, 0.3) is 0 Å². The molecule has 2 heteroatoms. The number of anilines is 1. The molecule has 0 saturated carbocycles. The molecule has 2 rings (SSSR count). The molecule has 1 aromatic carbocycles. The second-order valence-electron chi connectivity index (χ2n) is 4.77. The summed E-state index contributed by atoms with van der Waals surface area (Å²) in [5, 5.41) is 7.02. The van der Waals surface area contributed by atoms with Gasteiger partial charge in [0, 0.05) is 18.8 Å². The Bertz CT molecular complexity index is 347. The molecule has 0 aromatic heterocycles. The smallest absolute Gasteiger partial charge is 0.0419 e. The van der Waals surface area contributed by atoms with Gasteiger partial charge in [-0.25, -0.2) is 0 Å². The van der Waals surface area contributed by atoms with Crippen molar-refractivity contribution in [1.29, 1.82) is 0 Å². The van der Waals surface area contributed by atoms with Crippen LogP contribution in [0.1, 0.15) is 31.4 Å². The zero-order valence-corrected chi connectivity index (χ0v) is 10.3. The third kappa shape index (κ3) is 2.56. The Hall–Kier alpha value is -1.02. The van der Waals surface area contributed by atoms with Gasteiger partial charge in [0.15, 0.2) is 0 Å². The normalized spacial score (nSPS) is 15.6. The van der Waals surface area contributed by atoms with E-state index >= 15 is 0 Å². The molecule has 1 unspecified atom stereocenters. The fourth-order valence-corrected chi connectivity index (χ4v) is 2.16. The number of nitrogens with one attached hydrogen (secondary N) is 2. The summed E-state index contributed by atoms with van der Waals surface area (Å²) in [6.45, 7) is 7.73. The predicted octanol–water partition coefficient (Wildman–Crippen LogP) is 2.79. The molecule has 16 heavy (non-hydrogen) atoms. The standard InChI is InChI=1S/C14H22N2/c1-3-11(2)9-15-10-13-6-4-5-12-7-8-16-14(12)13/h4-6,11,15-16H,3,7-10H2,1-2H3. The van der Waals surface area contributed by atoms with Gasteiger partial charge in [-0.2, -0.15) is 0 Å². The van der Waals surface area contributed by atoms with Gasteiger partial charge < -0.3 is 10.6 Å². The lowest BCUT2D eigenvalue weighted by Crippen LogP contribution is -2.20. The first-order chi connectivity index (χ1) is 7.81. The lowest BCUT2D eigenvalue weighted by atomic mass is 10.1. The van der Waals surface area contributed by atoms with Crippen LogP contribution >= 0.6 is 0 Å². The fourth-order valence-electron chi connectivity index (χ4n) is 2.16. The number of benzene rings is 1. The second kappa shape index (κ2) is 5.35. The predicted molar refractivity (Wildman–Crippen MR) is 69.8 cm³/mol. The molecule has 1 aliphatic heterocycles. The maximum absolute atomic E-state index is 3.54. The van der Waals surface area contributed by atoms with Crippen molar-refractivity contribution in [3.8, 4) is 0 Å². The molecule has 0 bridgehead atoms. The summed E-state index contributed by atoms with van der Waals surface area (Å²) in [5.74, 6) is 0.768. The average Bonchev–Trinajstić information content (AvgIpc) is 2.77. The van der Waals surface area contributed by atoms with E-state index in [1.807, 2.05) is 0 Å². The number of fused-ring (bicyclic) bond motifs is 1. The molecule has 1 aromatic rings. The Morgan fingerprint density at radius 3 is 3.12 bits per heavy atom. The van der Waals surface area contributed by atoms with E-state index < -0.39 is 0 Å². The molecule has 0 fully saturated rings. The molecule has 88 valence electrons. The van der Waals surface area contributed by atoms with Crippen molar-refractivity contribution in [2.24, 2.45) is 5.92 Å². The molecular weight excluding hydrogens is 196 g/mol. The topological polar surface area (TPSA) is 24.1 Å². The molecule has 2 nitrogen and oxygen atoms in total. The van der Waals surface area contributed by atoms with Crippen LogP contribution in [0.4, 0.5) is 5.69 Å². The molecule has 1 aliphatic rings. The zero-order chi connectivity index (χ0) is 11.4. The summed E-state index contributed by atoms with van der Waals surface area (Å²) in [6.07, 6.45) is 2.42. The van der Waals surface area contributed by atoms with E-state index in [0.29, 0.717) is 0 Å². The molecule has 0 radical (unpaired) electrons. The van der Waals surface area contributed by atoms with Crippen LogP contribution in [-0.2, 0) is 13.0 Å². The lowest BCUT2D eigenvalue weighted by molar-refractivity contribution is 0.500. The highest BCUT2D eigenvalue weighted by atomic mass is 14.9. The molecule has 0 aliphatic carbocycles. The molecule has 0 amide bonds. The minimum absolute atomic E-state index is 0.768. The van der Waals surface area contributed by atoms with E-state index in [9.17, 15) is 0 Å². The number of hydrogen-bond donors (Lipinski definition) is 2. The summed E-state index contributed by atoms with van der Waals surface area (Å²) in [4.78, 5) is 0. The highest BCUT2D eigenvalue weighted by molar-refractivity contribution is 5.61. The van der Waals surface area contributed by atoms with Crippen LogP contribution < -0.4 is 10.6 Å². The number of hydrogen-bond acceptors (Lipinski definition) is 2. The van der Waals surface area contributed by atoms with Crippen LogP contribution in [0.2, 0.25) is 0 Å². The SMILES string of the molecule is CCC(C)CNCc1cccc2c1NCC2. The van der Waals surface area contributed by atoms with Crippen LogP contribution in [0.15, 0.2) is 18.2 Å². The monoisotopic (exact) mass is 218 g/mol. The van der Waals surface area contributed by atoms with Crippen LogP contribution in [0.25, 0.3) is 0 Å². The molecule has 0 spiro atoms. The molecular formula is C14H22N2. The summed E-state index contributed by atoms with van der Waals surface area (Å²) in [6, 6.07) is 6.63. The Balaban J connectivity index is 1.92. The third-order valence-corrected chi connectivity index (χ3v) is 3.44. The van der Waals surface area contributed by atoms with E-state index in [0.717, 1.165) is 25.6 Å². The fraction of sp³-hybridized carbons (Fsp3) is 0.571. The molecule has 1 heterocycles. The van der Waals surface area contributed by atoms with Crippen molar-refractivity contribution in [3.05, 3.63) is 29.3 Å². The van der Waals surface area contributed by atoms with Crippen molar-refractivity contribution in [2.75, 3.05) is 18.4 Å². The van der Waals surface area contributed by atoms with E-state index in [2.05, 4.69) is 42.7 Å². The number of rotatable bonds is 5. The Morgan fingerprint density at radius 1 is 1.44 bits per heavy atom. The van der Waals surface area contributed by atoms with Crippen LogP contribution in [0.3, 0.4) is 0 Å². The van der Waals surface area contributed by atoms with Gasteiger partial charge in [-0.1, -0.05) is 38.5 Å². The Labute approximate surface area is 98.4 Å². The number of para-hydroxylation sites is 1. The highest BCUT2D eigenvalue weighted by Crippen LogP contribution is 2.26. The maximum Gasteiger partial charge on any atom is 0.0419 e. The van der Waals surface area contributed by atoms with Gasteiger partial charge in [0.2, 0.25) is 0 Å². The van der Waals surface area contributed by atoms with Gasteiger partial charge in [-0.15, -0.1) is 0 Å². The van der Waals surface area contributed by atoms with Crippen LogP contribution in [0.5, 0.6) is 0 Å². The van der Waals surface area contributed by atoms with Crippen molar-refractivity contribution in [1.82, 2.24) is 5.32 Å². The van der Waals surface area contributed by atoms with E-state index in [1.165, 1.54) is 29.7 Å². The highest BCUT2D eigenvalue weighted by Gasteiger charge is 2.12. The first kappa shape index (κ1) is 11.5. The zero-order valence-electron chi connectivity index (χ0n) is 10.3. The van der Waals surface area contributed by atoms with Gasteiger partial charge in [0.05, 0.1) is 0 Å². The molecule has 1 atom stereocenters. The Kier molecular flexibility index (Phi) is 3.83. The van der Waals surface area contributed by atoms with E-state index in [1.54, 1.807) is 0 Å². The van der Waals surface area contributed by atoms with Crippen LogP contribution in [0, 0.1) is 5.92 Å². The largest absolute Gasteiger partial charge is 0.384 e. The lowest BCUT2D eigenvalue weighted by Gasteiger charge is -2.12. The quantitative estimate of drug-likeness (QED) is 0.794. The van der Waals surface area contributed by atoms with Crippen molar-refractivity contribution >= 4 is 5.69 Å². The first-order valence-corrected chi connectivity index (χ1v) is 6.36. The summed E-state index contributed by atoms with van der Waals surface area (Å²) >= 11 is 0. The second-order valence-corrected chi connectivity index (χ2v) is 4.77. The van der Waals surface area contributed by atoms with Crippen LogP contribution in [-0.4, -0.2) is 13.1 Å². The molecule has 0 saturated heterocycles. The third-order valence-electron chi connectivity index (χ3n) is 3.44. The Morgan fingerprint density at radius 2 is 2.31 bits per heavy atom. The first-order valence-electron chi connectivity index (χ1n) is 6.36. The minimum atomic E-state index is 0.768. The summed E-state index contributed by atoms with van der Waals surface area (Å²) in [5.41, 5.74) is 4.26. The van der Waals surface area contributed by atoms with Crippen molar-refractivity contribution in [3.63, 3.8) is 0 Å². The van der Waals surface area contributed by atoms with Gasteiger partial charge in [0.1, 0.15) is 0 Å². The van der Waals surface area contributed by atoms with Gasteiger partial charge in [-0.3, -0.25) is 0 Å². The van der Waals surface area contributed by atoms with Gasteiger partial charge in [-0.05, 0) is 30.0 Å². The van der Waals surface area contributed by atoms with Crippen molar-refractivity contribution < 1.29 is 0 Å². The van der Waals surface area contributed by atoms with E-state index in [-0.39, 0.29) is 0 Å². The average molecular weight is 218 g/mol. The van der Waals surface area contributed by atoms with Crippen molar-refractivity contribution in [2.45, 2.75) is 33.2 Å². The van der Waals surface area contributed by atoms with Gasteiger partial charge >= 0.3 is 0 Å². The molecule has 2 N–H and O–H groups in total. The minimum Gasteiger partial charge on any atom is -0.384 e. The summed E-state index contributed by atoms with van der Waals surface area (Å²) in [7, 11) is 0. The maximum atomic E-state index is 3.54.